The van der Waals surface area contributed by atoms with Gasteiger partial charge in [-0.15, -0.1) is 0 Å². The molecule has 116 valence electrons. The van der Waals surface area contributed by atoms with Crippen molar-refractivity contribution in [3.8, 4) is 0 Å². The van der Waals surface area contributed by atoms with Gasteiger partial charge in [-0.25, -0.2) is 4.68 Å². The van der Waals surface area contributed by atoms with Gasteiger partial charge in [0, 0.05) is 26.1 Å². The van der Waals surface area contributed by atoms with Gasteiger partial charge >= 0.3 is 0 Å². The second-order valence-corrected chi connectivity index (χ2v) is 6.15. The number of nitrogens with zero attached hydrogens (tertiary/aromatic N) is 3. The molecule has 3 rings (SSSR count). The van der Waals surface area contributed by atoms with Gasteiger partial charge < -0.3 is 14.4 Å². The highest BCUT2D eigenvalue weighted by atomic mass is 35.5. The molecule has 0 saturated carbocycles. The van der Waals surface area contributed by atoms with Crippen molar-refractivity contribution in [1.29, 1.82) is 0 Å². The molecule has 7 heteroatoms. The monoisotopic (exact) mass is 313 g/mol. The standard InChI is InChI=1S/C14H20ClN3O3/c1-14(20-6-7-21-14)10-4-3-5-18(9-10)11-8-16-17(2)13(19)12(11)15/h8,10H,3-7,9H2,1-2H3/t10-/m1/s1. The predicted molar refractivity (Wildman–Crippen MR) is 79.7 cm³/mol. The van der Waals surface area contributed by atoms with Gasteiger partial charge in [0.1, 0.15) is 5.02 Å². The molecule has 2 aliphatic rings. The number of hydrogen-bond donors (Lipinski definition) is 0. The average molecular weight is 314 g/mol. The molecule has 0 aliphatic carbocycles. The lowest BCUT2D eigenvalue weighted by atomic mass is 9.90. The van der Waals surface area contributed by atoms with E-state index in [0.29, 0.717) is 18.9 Å². The first kappa shape index (κ1) is 14.8. The Morgan fingerprint density at radius 1 is 1.43 bits per heavy atom. The van der Waals surface area contributed by atoms with Gasteiger partial charge in [-0.05, 0) is 19.8 Å². The van der Waals surface area contributed by atoms with Crippen LogP contribution < -0.4 is 10.5 Å². The van der Waals surface area contributed by atoms with E-state index in [4.69, 9.17) is 21.1 Å². The summed E-state index contributed by atoms with van der Waals surface area (Å²) in [5, 5.41) is 4.30. The zero-order valence-corrected chi connectivity index (χ0v) is 13.1. The number of aromatic nitrogens is 2. The molecule has 0 N–H and O–H groups in total. The molecule has 2 aliphatic heterocycles. The number of hydrogen-bond acceptors (Lipinski definition) is 5. The summed E-state index contributed by atoms with van der Waals surface area (Å²) in [7, 11) is 1.60. The molecule has 1 aromatic heterocycles. The molecule has 0 amide bonds. The van der Waals surface area contributed by atoms with E-state index in [1.54, 1.807) is 13.2 Å². The Bertz CT molecular complexity index is 583. The minimum absolute atomic E-state index is 0.228. The third-order valence-electron chi connectivity index (χ3n) is 4.42. The maximum atomic E-state index is 11.9. The highest BCUT2D eigenvalue weighted by molar-refractivity contribution is 6.33. The molecule has 0 radical (unpaired) electrons. The quantitative estimate of drug-likeness (QED) is 0.826. The highest BCUT2D eigenvalue weighted by Crippen LogP contribution is 2.36. The van der Waals surface area contributed by atoms with Gasteiger partial charge in [0.05, 0.1) is 25.1 Å². The van der Waals surface area contributed by atoms with Crippen LogP contribution in [-0.4, -0.2) is 41.9 Å². The van der Waals surface area contributed by atoms with E-state index in [1.807, 2.05) is 6.92 Å². The van der Waals surface area contributed by atoms with Crippen LogP contribution in [0.25, 0.3) is 0 Å². The lowest BCUT2D eigenvalue weighted by Gasteiger charge is -2.40. The van der Waals surface area contributed by atoms with Crippen LogP contribution >= 0.6 is 11.6 Å². The second kappa shape index (κ2) is 5.59. The summed E-state index contributed by atoms with van der Waals surface area (Å²) in [6, 6.07) is 0. The maximum Gasteiger partial charge on any atom is 0.287 e. The smallest absolute Gasteiger partial charge is 0.287 e. The van der Waals surface area contributed by atoms with Gasteiger partial charge in [0.2, 0.25) is 0 Å². The Balaban J connectivity index is 1.83. The largest absolute Gasteiger partial charge is 0.368 e. The Kier molecular flexibility index (Phi) is 3.94. The van der Waals surface area contributed by atoms with Gasteiger partial charge in [-0.3, -0.25) is 4.79 Å². The zero-order valence-electron chi connectivity index (χ0n) is 12.3. The van der Waals surface area contributed by atoms with E-state index in [9.17, 15) is 4.79 Å². The average Bonchev–Trinajstić information content (AvgIpc) is 2.93. The van der Waals surface area contributed by atoms with Crippen LogP contribution in [0, 0.1) is 5.92 Å². The van der Waals surface area contributed by atoms with Gasteiger partial charge in [0.15, 0.2) is 5.79 Å². The number of anilines is 1. The Morgan fingerprint density at radius 2 is 2.14 bits per heavy atom. The summed E-state index contributed by atoms with van der Waals surface area (Å²) in [5.41, 5.74) is 0.432. The third kappa shape index (κ3) is 2.67. The fourth-order valence-electron chi connectivity index (χ4n) is 3.11. The SMILES string of the molecule is Cn1ncc(N2CCC[C@@H](C3(C)OCCO3)C2)c(Cl)c1=O. The van der Waals surface area contributed by atoms with E-state index < -0.39 is 5.79 Å². The van der Waals surface area contributed by atoms with Crippen LogP contribution in [0.5, 0.6) is 0 Å². The summed E-state index contributed by atoms with van der Waals surface area (Å²) in [4.78, 5) is 14.0. The van der Waals surface area contributed by atoms with E-state index in [-0.39, 0.29) is 16.5 Å². The first-order valence-corrected chi connectivity index (χ1v) is 7.64. The molecule has 1 atom stereocenters. The van der Waals surface area contributed by atoms with Crippen molar-refractivity contribution < 1.29 is 9.47 Å². The summed E-state index contributed by atoms with van der Waals surface area (Å²) in [5.74, 6) is -0.271. The van der Waals surface area contributed by atoms with Crippen molar-refractivity contribution in [1.82, 2.24) is 9.78 Å². The molecule has 0 aromatic carbocycles. The van der Waals surface area contributed by atoms with Crippen LogP contribution in [-0.2, 0) is 16.5 Å². The van der Waals surface area contributed by atoms with Crippen LogP contribution in [0.1, 0.15) is 19.8 Å². The normalized spacial score (nSPS) is 25.3. The van der Waals surface area contributed by atoms with Gasteiger partial charge in [-0.1, -0.05) is 11.6 Å². The van der Waals surface area contributed by atoms with Crippen molar-refractivity contribution in [3.05, 3.63) is 21.6 Å². The minimum atomic E-state index is -0.529. The summed E-state index contributed by atoms with van der Waals surface area (Å²) in [6.45, 7) is 4.90. The topological polar surface area (TPSA) is 56.6 Å². The lowest BCUT2D eigenvalue weighted by molar-refractivity contribution is -0.182. The Morgan fingerprint density at radius 3 is 2.86 bits per heavy atom. The summed E-state index contributed by atoms with van der Waals surface area (Å²) >= 11 is 6.20. The van der Waals surface area contributed by atoms with Crippen molar-refractivity contribution in [2.24, 2.45) is 13.0 Å². The number of rotatable bonds is 2. The molecule has 6 nitrogen and oxygen atoms in total. The number of piperidine rings is 1. The summed E-state index contributed by atoms with van der Waals surface area (Å²) in [6.07, 6.45) is 3.71. The fourth-order valence-corrected chi connectivity index (χ4v) is 3.40. The highest BCUT2D eigenvalue weighted by Gasteiger charge is 2.42. The Labute approximate surface area is 128 Å². The third-order valence-corrected chi connectivity index (χ3v) is 4.78. The molecule has 21 heavy (non-hydrogen) atoms. The molecular formula is C14H20ClN3O3. The van der Waals surface area contributed by atoms with Crippen LogP contribution in [0.2, 0.25) is 5.02 Å². The predicted octanol–water partition coefficient (Wildman–Crippen LogP) is 1.41. The molecule has 0 unspecified atom stereocenters. The second-order valence-electron chi connectivity index (χ2n) is 5.77. The van der Waals surface area contributed by atoms with Crippen LogP contribution in [0.4, 0.5) is 5.69 Å². The maximum absolute atomic E-state index is 11.9. The fraction of sp³-hybridized carbons (Fsp3) is 0.714. The summed E-state index contributed by atoms with van der Waals surface area (Å²) < 4.78 is 12.8. The lowest BCUT2D eigenvalue weighted by Crippen LogP contribution is -2.47. The van der Waals surface area contributed by atoms with Crippen molar-refractivity contribution >= 4 is 17.3 Å². The van der Waals surface area contributed by atoms with Crippen molar-refractivity contribution in [2.75, 3.05) is 31.2 Å². The Hall–Kier alpha value is -1.11. The number of aryl methyl sites for hydroxylation is 1. The van der Waals surface area contributed by atoms with Crippen molar-refractivity contribution in [3.63, 3.8) is 0 Å². The molecule has 2 fully saturated rings. The molecule has 0 spiro atoms. The molecule has 1 aromatic rings. The van der Waals surface area contributed by atoms with E-state index >= 15 is 0 Å². The van der Waals surface area contributed by atoms with Crippen molar-refractivity contribution in [2.45, 2.75) is 25.6 Å². The molecular weight excluding hydrogens is 294 g/mol. The molecule has 2 saturated heterocycles. The van der Waals surface area contributed by atoms with Crippen LogP contribution in [0.15, 0.2) is 11.0 Å². The minimum Gasteiger partial charge on any atom is -0.368 e. The first-order chi connectivity index (χ1) is 10.0. The number of ether oxygens (including phenoxy) is 2. The first-order valence-electron chi connectivity index (χ1n) is 7.26. The van der Waals surface area contributed by atoms with E-state index in [2.05, 4.69) is 10.00 Å². The van der Waals surface area contributed by atoms with Gasteiger partial charge in [0.25, 0.3) is 5.56 Å². The number of halogens is 1. The zero-order chi connectivity index (χ0) is 15.0. The van der Waals surface area contributed by atoms with Gasteiger partial charge in [-0.2, -0.15) is 5.10 Å². The van der Waals surface area contributed by atoms with E-state index in [1.165, 1.54) is 4.68 Å². The van der Waals surface area contributed by atoms with Crippen LogP contribution in [0.3, 0.4) is 0 Å². The van der Waals surface area contributed by atoms with E-state index in [0.717, 1.165) is 25.9 Å². The molecule has 0 bridgehead atoms. The molecule has 3 heterocycles.